The third-order valence-corrected chi connectivity index (χ3v) is 5.36. The minimum Gasteiger partial charge on any atom is -0.457 e. The zero-order valence-electron chi connectivity index (χ0n) is 21.5. The maximum Gasteiger partial charge on any atom is 0.139 e. The molecule has 0 bridgehead atoms. The predicted molar refractivity (Wildman–Crippen MR) is 144 cm³/mol. The Kier molecular flexibility index (Phi) is 12.4. The lowest BCUT2D eigenvalue weighted by atomic mass is 10.0. The molecule has 5 nitrogen and oxygen atoms in total. The number of ether oxygens (including phenoxy) is 2. The highest BCUT2D eigenvalue weighted by Crippen LogP contribution is 2.30. The summed E-state index contributed by atoms with van der Waals surface area (Å²) in [5.41, 5.74) is 4.23. The molecule has 0 unspecified atom stereocenters. The van der Waals surface area contributed by atoms with E-state index in [2.05, 4.69) is 10.8 Å². The normalized spacial score (nSPS) is 10.2. The van der Waals surface area contributed by atoms with Gasteiger partial charge in [-0.3, -0.25) is 0 Å². The van der Waals surface area contributed by atoms with Gasteiger partial charge in [0, 0.05) is 37.4 Å². The van der Waals surface area contributed by atoms with Crippen molar-refractivity contribution < 1.29 is 23.8 Å². The Bertz CT molecular complexity index is 1180. The van der Waals surface area contributed by atoms with E-state index in [1.807, 2.05) is 67.9 Å². The summed E-state index contributed by atoms with van der Waals surface area (Å²) in [6, 6.07) is 19.8. The number of nitrogens with zero attached hydrogens (tertiary/aromatic N) is 1. The molecule has 0 aliphatic rings. The van der Waals surface area contributed by atoms with Gasteiger partial charge in [0.25, 0.3) is 0 Å². The lowest BCUT2D eigenvalue weighted by Gasteiger charge is -2.08. The second kappa shape index (κ2) is 15.5. The number of aromatic nitrogens is 1. The van der Waals surface area contributed by atoms with Crippen LogP contribution in [0.25, 0.3) is 22.0 Å². The van der Waals surface area contributed by atoms with Gasteiger partial charge in [0.2, 0.25) is 0 Å². The van der Waals surface area contributed by atoms with E-state index in [4.69, 9.17) is 4.74 Å². The van der Waals surface area contributed by atoms with E-state index in [0.29, 0.717) is 24.5 Å². The van der Waals surface area contributed by atoms with Crippen molar-refractivity contribution in [3.05, 3.63) is 84.3 Å². The Balaban J connectivity index is 0.000000694. The van der Waals surface area contributed by atoms with E-state index < -0.39 is 0 Å². The van der Waals surface area contributed by atoms with Crippen LogP contribution in [0.2, 0.25) is 0 Å². The van der Waals surface area contributed by atoms with Gasteiger partial charge in [-0.1, -0.05) is 32.0 Å². The minimum absolute atomic E-state index is 0.134. The molecule has 0 saturated heterocycles. The summed E-state index contributed by atoms with van der Waals surface area (Å²) in [4.78, 5) is 11.0. The molecule has 1 heterocycles. The summed E-state index contributed by atoms with van der Waals surface area (Å²) in [6.07, 6.45) is 4.33. The summed E-state index contributed by atoms with van der Waals surface area (Å²) >= 11 is 0. The van der Waals surface area contributed by atoms with Crippen LogP contribution in [-0.2, 0) is 22.5 Å². The van der Waals surface area contributed by atoms with Crippen molar-refractivity contribution in [1.82, 2.24) is 4.57 Å². The average Bonchev–Trinajstić information content (AvgIpc) is 3.27. The van der Waals surface area contributed by atoms with Crippen molar-refractivity contribution in [2.75, 3.05) is 20.3 Å². The maximum atomic E-state index is 13.0. The topological polar surface area (TPSA) is 60.7 Å². The molecule has 0 radical (unpaired) electrons. The smallest absolute Gasteiger partial charge is 0.139 e. The first-order valence-electron chi connectivity index (χ1n) is 12.3. The number of carbonyl (C=O) groups excluding carboxylic acids is 1. The molecule has 0 saturated carbocycles. The van der Waals surface area contributed by atoms with Crippen molar-refractivity contribution in [3.8, 4) is 22.6 Å². The summed E-state index contributed by atoms with van der Waals surface area (Å²) in [7, 11) is 1.68. The molecule has 1 aromatic heterocycles. The van der Waals surface area contributed by atoms with Crippen LogP contribution in [0, 0.1) is 5.82 Å². The molecule has 0 aliphatic heterocycles. The fourth-order valence-electron chi connectivity index (χ4n) is 3.60. The zero-order valence-corrected chi connectivity index (χ0v) is 21.5. The molecule has 4 rings (SSSR count). The van der Waals surface area contributed by atoms with Crippen LogP contribution in [0.15, 0.2) is 72.9 Å². The number of aliphatic hydroxyl groups is 1. The minimum atomic E-state index is -0.298. The Morgan fingerprint density at radius 3 is 2.08 bits per heavy atom. The van der Waals surface area contributed by atoms with E-state index in [1.54, 1.807) is 19.2 Å². The van der Waals surface area contributed by atoms with Gasteiger partial charge < -0.3 is 23.9 Å². The third kappa shape index (κ3) is 8.04. The second-order valence-corrected chi connectivity index (χ2v) is 7.69. The van der Waals surface area contributed by atoms with Crippen LogP contribution < -0.4 is 4.74 Å². The molecule has 0 atom stereocenters. The van der Waals surface area contributed by atoms with E-state index in [-0.39, 0.29) is 12.4 Å². The number of aldehydes is 1. The second-order valence-electron chi connectivity index (χ2n) is 7.69. The molecule has 4 aromatic rings. The highest BCUT2D eigenvalue weighted by Gasteiger charge is 2.10. The molecule has 1 N–H and O–H groups in total. The van der Waals surface area contributed by atoms with Gasteiger partial charge in [-0.25, -0.2) is 4.39 Å². The number of halogens is 1. The number of hydrogen-bond donors (Lipinski definition) is 1. The average molecular weight is 494 g/mol. The third-order valence-electron chi connectivity index (χ3n) is 5.36. The molecular formula is C30H36FNO4. The quantitative estimate of drug-likeness (QED) is 0.254. The van der Waals surface area contributed by atoms with Gasteiger partial charge in [-0.2, -0.15) is 0 Å². The van der Waals surface area contributed by atoms with Crippen LogP contribution >= 0.6 is 0 Å². The van der Waals surface area contributed by atoms with Crippen LogP contribution in [0.1, 0.15) is 32.8 Å². The zero-order chi connectivity index (χ0) is 26.3. The first-order chi connectivity index (χ1) is 17.6. The van der Waals surface area contributed by atoms with E-state index >= 15 is 0 Å². The number of aryl methyl sites for hydroxylation is 1. The van der Waals surface area contributed by atoms with Crippen LogP contribution in [-0.4, -0.2) is 36.3 Å². The molecular weight excluding hydrogens is 457 g/mol. The van der Waals surface area contributed by atoms with Crippen LogP contribution in [0.5, 0.6) is 11.5 Å². The number of fused-ring (bicyclic) bond motifs is 1. The summed E-state index contributed by atoms with van der Waals surface area (Å²) in [5, 5.41) is 10.3. The number of carbonyl (C=O) groups is 1. The molecule has 0 spiro atoms. The monoisotopic (exact) mass is 493 g/mol. The standard InChI is InChI=1S/C25H22FNO3.C3H8O.C2H6/c26-21-6-10-23(11-7-21)30-22-8-3-18(4-9-22)19-5-12-25-24(16-19)20(2-1-14-28)17-27(25)13-15-29;1-3-4-2;1-2/h3-12,15-17,28H,1-2,13-14H2;3H2,1-2H3;1-2H3. The summed E-state index contributed by atoms with van der Waals surface area (Å²) in [6.45, 7) is 7.22. The lowest BCUT2D eigenvalue weighted by molar-refractivity contribution is -0.108. The van der Waals surface area contributed by atoms with Gasteiger partial charge >= 0.3 is 0 Å². The molecule has 0 amide bonds. The van der Waals surface area contributed by atoms with Crippen molar-refractivity contribution in [2.24, 2.45) is 0 Å². The number of methoxy groups -OCH3 is 1. The molecule has 36 heavy (non-hydrogen) atoms. The Labute approximate surface area is 213 Å². The summed E-state index contributed by atoms with van der Waals surface area (Å²) < 4.78 is 25.3. The number of hydrogen-bond acceptors (Lipinski definition) is 4. The maximum absolute atomic E-state index is 13.0. The molecule has 192 valence electrons. The van der Waals surface area contributed by atoms with Gasteiger partial charge in [-0.05, 0) is 85.0 Å². The molecule has 0 aliphatic carbocycles. The predicted octanol–water partition coefficient (Wildman–Crippen LogP) is 7.04. The van der Waals surface area contributed by atoms with Crippen LogP contribution in [0.3, 0.4) is 0 Å². The Hall–Kier alpha value is -3.48. The first kappa shape index (κ1) is 28.8. The van der Waals surface area contributed by atoms with Crippen molar-refractivity contribution in [2.45, 2.75) is 40.2 Å². The van der Waals surface area contributed by atoms with Gasteiger partial charge in [0.05, 0.1) is 6.54 Å². The van der Waals surface area contributed by atoms with Gasteiger partial charge in [0.1, 0.15) is 23.6 Å². The highest BCUT2D eigenvalue weighted by molar-refractivity contribution is 5.89. The SMILES string of the molecule is CC.CCOC.O=CCn1cc(CCCO)c2cc(-c3ccc(Oc4ccc(F)cc4)cc3)ccc21. The number of rotatable bonds is 9. The van der Waals surface area contributed by atoms with Crippen LogP contribution in [0.4, 0.5) is 4.39 Å². The first-order valence-corrected chi connectivity index (χ1v) is 12.3. The fraction of sp³-hybridized carbons (Fsp3) is 0.300. The molecule has 3 aromatic carbocycles. The number of benzene rings is 3. The number of aliphatic hydroxyl groups excluding tert-OH is 1. The van der Waals surface area contributed by atoms with Gasteiger partial charge in [-0.15, -0.1) is 0 Å². The van der Waals surface area contributed by atoms with Crippen molar-refractivity contribution >= 4 is 17.2 Å². The van der Waals surface area contributed by atoms with Crippen molar-refractivity contribution in [3.63, 3.8) is 0 Å². The molecule has 0 fully saturated rings. The fourth-order valence-corrected chi connectivity index (χ4v) is 3.60. The Morgan fingerprint density at radius 1 is 0.944 bits per heavy atom. The van der Waals surface area contributed by atoms with Gasteiger partial charge in [0.15, 0.2) is 0 Å². The Morgan fingerprint density at radius 2 is 1.53 bits per heavy atom. The van der Waals surface area contributed by atoms with E-state index in [0.717, 1.165) is 46.9 Å². The largest absolute Gasteiger partial charge is 0.457 e. The van der Waals surface area contributed by atoms with Crippen molar-refractivity contribution in [1.29, 1.82) is 0 Å². The highest BCUT2D eigenvalue weighted by atomic mass is 19.1. The lowest BCUT2D eigenvalue weighted by Crippen LogP contribution is -1.96. The summed E-state index contributed by atoms with van der Waals surface area (Å²) in [5.74, 6) is 0.955. The van der Waals surface area contributed by atoms with E-state index in [9.17, 15) is 14.3 Å². The molecule has 6 heteroatoms. The van der Waals surface area contributed by atoms with E-state index in [1.165, 1.54) is 12.1 Å².